The Balaban J connectivity index is 1.29. The first-order chi connectivity index (χ1) is 14.6. The Labute approximate surface area is 175 Å². The van der Waals surface area contributed by atoms with Gasteiger partial charge < -0.3 is 5.32 Å². The van der Waals surface area contributed by atoms with E-state index in [1.165, 1.54) is 5.56 Å². The molecule has 30 heavy (non-hydrogen) atoms. The molecule has 0 aliphatic carbocycles. The summed E-state index contributed by atoms with van der Waals surface area (Å²) in [4.78, 5) is 42.2. The summed E-state index contributed by atoms with van der Waals surface area (Å²) in [6.07, 6.45) is 4.45. The number of carbonyl (C=O) groups is 3. The molecule has 0 saturated carbocycles. The van der Waals surface area contributed by atoms with Crippen molar-refractivity contribution in [2.75, 3.05) is 13.1 Å². The van der Waals surface area contributed by atoms with Crippen LogP contribution in [0.1, 0.15) is 53.2 Å². The Morgan fingerprint density at radius 3 is 2.50 bits per heavy atom. The third-order valence-corrected chi connectivity index (χ3v) is 5.87. The second-order valence-electron chi connectivity index (χ2n) is 7.99. The Hall–Kier alpha value is -3.06. The first kappa shape index (κ1) is 20.2. The molecule has 2 aromatic rings. The molecule has 156 valence electrons. The summed E-state index contributed by atoms with van der Waals surface area (Å²) < 4.78 is 0. The Morgan fingerprint density at radius 2 is 1.83 bits per heavy atom. The first-order valence-electron chi connectivity index (χ1n) is 10.5. The summed E-state index contributed by atoms with van der Waals surface area (Å²) in [6.45, 7) is 3.06. The number of hydrogen-bond acceptors (Lipinski definition) is 5. The molecule has 3 amide bonds. The van der Waals surface area contributed by atoms with Gasteiger partial charge in [-0.1, -0.05) is 36.4 Å². The summed E-state index contributed by atoms with van der Waals surface area (Å²) in [5, 5.41) is 4.90. The van der Waals surface area contributed by atoms with Crippen molar-refractivity contribution < 1.29 is 14.4 Å². The van der Waals surface area contributed by atoms with Crippen molar-refractivity contribution in [2.45, 2.75) is 44.2 Å². The Kier molecular flexibility index (Phi) is 6.18. The maximum Gasteiger partial charge on any atom is 0.270 e. The molecule has 2 fully saturated rings. The number of aromatic nitrogens is 1. The maximum atomic E-state index is 12.4. The lowest BCUT2D eigenvalue weighted by Crippen LogP contribution is -2.52. The van der Waals surface area contributed by atoms with E-state index in [2.05, 4.69) is 44.8 Å². The quantitative estimate of drug-likeness (QED) is 0.741. The maximum absolute atomic E-state index is 12.4. The highest BCUT2D eigenvalue weighted by atomic mass is 16.2. The van der Waals surface area contributed by atoms with Crippen molar-refractivity contribution in [1.29, 1.82) is 0 Å². The molecule has 4 rings (SSSR count). The smallest absolute Gasteiger partial charge is 0.270 e. The van der Waals surface area contributed by atoms with Crippen LogP contribution in [-0.4, -0.2) is 46.7 Å². The minimum Gasteiger partial charge on any atom is -0.339 e. The molecule has 1 aromatic carbocycles. The molecule has 2 N–H and O–H groups in total. The predicted molar refractivity (Wildman–Crippen MR) is 112 cm³/mol. The van der Waals surface area contributed by atoms with Gasteiger partial charge in [-0.25, -0.2) is 0 Å². The van der Waals surface area contributed by atoms with Gasteiger partial charge in [0, 0.05) is 19.2 Å². The number of likely N-dealkylation sites (tertiary alicyclic amines) is 1. The van der Waals surface area contributed by atoms with Crippen molar-refractivity contribution in [3.05, 3.63) is 65.5 Å². The van der Waals surface area contributed by atoms with Crippen molar-refractivity contribution in [2.24, 2.45) is 0 Å². The van der Waals surface area contributed by atoms with Crippen LogP contribution in [0.4, 0.5) is 0 Å². The highest BCUT2D eigenvalue weighted by Gasteiger charge is 2.28. The fraction of sp³-hybridized carbons (Fsp3) is 0.391. The summed E-state index contributed by atoms with van der Waals surface area (Å²) in [5.41, 5.74) is 2.76. The van der Waals surface area contributed by atoms with E-state index in [0.717, 1.165) is 38.0 Å². The average molecular weight is 406 g/mol. The van der Waals surface area contributed by atoms with E-state index in [1.807, 2.05) is 12.1 Å². The number of carbonyl (C=O) groups excluding carboxylic acids is 3. The molecule has 2 saturated heterocycles. The van der Waals surface area contributed by atoms with Gasteiger partial charge in [-0.05, 0) is 55.5 Å². The molecule has 2 aliphatic heterocycles. The third kappa shape index (κ3) is 4.91. The monoisotopic (exact) mass is 406 g/mol. The number of pyridine rings is 1. The number of imide groups is 1. The fourth-order valence-corrected chi connectivity index (χ4v) is 4.11. The number of nitrogens with one attached hydrogen (secondary N) is 2. The minimum absolute atomic E-state index is 0.228. The first-order valence-corrected chi connectivity index (χ1v) is 10.5. The third-order valence-electron chi connectivity index (χ3n) is 5.87. The van der Waals surface area contributed by atoms with Gasteiger partial charge >= 0.3 is 0 Å². The highest BCUT2D eigenvalue weighted by Crippen LogP contribution is 2.28. The molecule has 1 atom stereocenters. The second kappa shape index (κ2) is 9.17. The average Bonchev–Trinajstić information content (AvgIpc) is 2.77. The molecule has 1 unspecified atom stereocenters. The molecule has 7 heteroatoms. The second-order valence-corrected chi connectivity index (χ2v) is 7.99. The van der Waals surface area contributed by atoms with Crippen molar-refractivity contribution in [3.8, 4) is 0 Å². The zero-order valence-corrected chi connectivity index (χ0v) is 16.8. The van der Waals surface area contributed by atoms with Gasteiger partial charge in [0.2, 0.25) is 11.8 Å². The number of amides is 3. The molecule has 0 spiro atoms. The van der Waals surface area contributed by atoms with E-state index in [1.54, 1.807) is 12.3 Å². The Morgan fingerprint density at radius 1 is 1.07 bits per heavy atom. The summed E-state index contributed by atoms with van der Waals surface area (Å²) in [7, 11) is 0. The van der Waals surface area contributed by atoms with Crippen LogP contribution in [-0.2, 0) is 16.1 Å². The Bertz CT molecular complexity index is 906. The molecule has 2 aliphatic rings. The standard InChI is InChI=1S/C23H26N4O3/c28-21-9-8-20(23(30)26-21)25-22(29)19-7-6-18(14-24-19)17-10-12-27(13-11-17)15-16-4-2-1-3-5-16/h1-7,14,17,20H,8-13,15H2,(H,25,29)(H,26,28,30). The molecular weight excluding hydrogens is 380 g/mol. The SMILES string of the molecule is O=C1CCC(NC(=O)c2ccc(C3CCN(Cc4ccccc4)CC3)cn2)C(=O)N1. The number of nitrogens with zero attached hydrogens (tertiary/aromatic N) is 2. The molecule has 1 aromatic heterocycles. The van der Waals surface area contributed by atoms with Crippen LogP contribution in [0.2, 0.25) is 0 Å². The number of piperidine rings is 2. The molecular formula is C23H26N4O3. The molecule has 3 heterocycles. The lowest BCUT2D eigenvalue weighted by molar-refractivity contribution is -0.134. The summed E-state index contributed by atoms with van der Waals surface area (Å²) in [6, 6.07) is 13.5. The van der Waals surface area contributed by atoms with Crippen molar-refractivity contribution >= 4 is 17.7 Å². The zero-order valence-electron chi connectivity index (χ0n) is 16.8. The zero-order chi connectivity index (χ0) is 20.9. The number of rotatable bonds is 5. The van der Waals surface area contributed by atoms with Crippen LogP contribution in [0.25, 0.3) is 0 Å². The molecule has 7 nitrogen and oxygen atoms in total. The predicted octanol–water partition coefficient (Wildman–Crippen LogP) is 2.00. The van der Waals surface area contributed by atoms with Crippen molar-refractivity contribution in [1.82, 2.24) is 20.5 Å². The van der Waals surface area contributed by atoms with Gasteiger partial charge in [0.25, 0.3) is 5.91 Å². The van der Waals surface area contributed by atoms with Gasteiger partial charge in [0.15, 0.2) is 0 Å². The van der Waals surface area contributed by atoms with Gasteiger partial charge in [0.1, 0.15) is 11.7 Å². The van der Waals surface area contributed by atoms with Crippen LogP contribution in [0.15, 0.2) is 48.7 Å². The van der Waals surface area contributed by atoms with Gasteiger partial charge in [-0.2, -0.15) is 0 Å². The molecule has 0 radical (unpaired) electrons. The summed E-state index contributed by atoms with van der Waals surface area (Å²) >= 11 is 0. The van der Waals surface area contributed by atoms with E-state index in [-0.39, 0.29) is 18.0 Å². The van der Waals surface area contributed by atoms with Crippen LogP contribution in [0.3, 0.4) is 0 Å². The van der Waals surface area contributed by atoms with Crippen molar-refractivity contribution in [3.63, 3.8) is 0 Å². The van der Waals surface area contributed by atoms with E-state index in [9.17, 15) is 14.4 Å². The van der Waals surface area contributed by atoms with E-state index < -0.39 is 17.9 Å². The van der Waals surface area contributed by atoms with E-state index >= 15 is 0 Å². The molecule has 0 bridgehead atoms. The summed E-state index contributed by atoms with van der Waals surface area (Å²) in [5.74, 6) is -0.716. The van der Waals surface area contributed by atoms with Gasteiger partial charge in [-0.15, -0.1) is 0 Å². The highest BCUT2D eigenvalue weighted by molar-refractivity contribution is 6.03. The topological polar surface area (TPSA) is 91.4 Å². The normalized spacial score (nSPS) is 20.6. The van der Waals surface area contributed by atoms with Crippen LogP contribution in [0.5, 0.6) is 0 Å². The van der Waals surface area contributed by atoms with Crippen LogP contribution >= 0.6 is 0 Å². The number of benzene rings is 1. The fourth-order valence-electron chi connectivity index (χ4n) is 4.11. The lowest BCUT2D eigenvalue weighted by atomic mass is 9.90. The van der Waals surface area contributed by atoms with Crippen LogP contribution in [0, 0.1) is 0 Å². The van der Waals surface area contributed by atoms with E-state index in [4.69, 9.17) is 0 Å². The lowest BCUT2D eigenvalue weighted by Gasteiger charge is -2.32. The van der Waals surface area contributed by atoms with Crippen LogP contribution < -0.4 is 10.6 Å². The largest absolute Gasteiger partial charge is 0.339 e. The van der Waals surface area contributed by atoms with Gasteiger partial charge in [0.05, 0.1) is 0 Å². The van der Waals surface area contributed by atoms with Gasteiger partial charge in [-0.3, -0.25) is 29.6 Å². The van der Waals surface area contributed by atoms with E-state index in [0.29, 0.717) is 12.3 Å². The minimum atomic E-state index is -0.689. The number of hydrogen-bond donors (Lipinski definition) is 2.